The van der Waals surface area contributed by atoms with Gasteiger partial charge in [-0.2, -0.15) is 11.8 Å². The van der Waals surface area contributed by atoms with Crippen LogP contribution in [0.1, 0.15) is 19.8 Å². The van der Waals surface area contributed by atoms with E-state index in [0.717, 1.165) is 11.4 Å². The van der Waals surface area contributed by atoms with Crippen molar-refractivity contribution in [2.45, 2.75) is 25.8 Å². The molecule has 1 N–H and O–H groups in total. The van der Waals surface area contributed by atoms with Crippen molar-refractivity contribution in [2.24, 2.45) is 0 Å². The third kappa shape index (κ3) is 3.71. The molecule has 1 aromatic rings. The molecule has 1 aromatic carbocycles. The molecule has 2 rings (SSSR count). The van der Waals surface area contributed by atoms with Crippen molar-refractivity contribution in [3.63, 3.8) is 0 Å². The topological polar surface area (TPSA) is 21.3 Å². The first-order valence-electron chi connectivity index (χ1n) is 6.06. The lowest BCUT2D eigenvalue weighted by molar-refractivity contribution is 0.340. The molecule has 0 aromatic heterocycles. The van der Waals surface area contributed by atoms with Crippen LogP contribution in [0.15, 0.2) is 18.2 Å². The highest BCUT2D eigenvalue weighted by atomic mass is 35.5. The lowest BCUT2D eigenvalue weighted by atomic mass is 10.1. The molecular formula is C13H18ClNOS. The molecule has 4 heteroatoms. The van der Waals surface area contributed by atoms with Gasteiger partial charge in [0.2, 0.25) is 0 Å². The van der Waals surface area contributed by atoms with Gasteiger partial charge >= 0.3 is 0 Å². The average molecular weight is 272 g/mol. The molecule has 2 nitrogen and oxygen atoms in total. The van der Waals surface area contributed by atoms with Crippen LogP contribution in [0.25, 0.3) is 0 Å². The van der Waals surface area contributed by atoms with Gasteiger partial charge in [0.25, 0.3) is 0 Å². The van der Waals surface area contributed by atoms with Crippen LogP contribution in [0.4, 0.5) is 5.69 Å². The first-order chi connectivity index (χ1) is 8.29. The van der Waals surface area contributed by atoms with Gasteiger partial charge in [-0.1, -0.05) is 11.6 Å². The lowest BCUT2D eigenvalue weighted by Crippen LogP contribution is -2.24. The maximum Gasteiger partial charge on any atom is 0.138 e. The number of hydrogen-bond donors (Lipinski definition) is 1. The van der Waals surface area contributed by atoms with Gasteiger partial charge in [-0.3, -0.25) is 0 Å². The molecule has 1 aliphatic heterocycles. The Morgan fingerprint density at radius 2 is 2.18 bits per heavy atom. The maximum atomic E-state index is 6.16. The summed E-state index contributed by atoms with van der Waals surface area (Å²) in [5.41, 5.74) is 1.09. The summed E-state index contributed by atoms with van der Waals surface area (Å²) in [6, 6.07) is 6.52. The van der Waals surface area contributed by atoms with Crippen LogP contribution in [-0.2, 0) is 0 Å². The number of rotatable bonds is 4. The van der Waals surface area contributed by atoms with Gasteiger partial charge in [0.1, 0.15) is 5.75 Å². The molecule has 0 aliphatic carbocycles. The van der Waals surface area contributed by atoms with Gasteiger partial charge in [0.15, 0.2) is 0 Å². The van der Waals surface area contributed by atoms with E-state index < -0.39 is 0 Å². The van der Waals surface area contributed by atoms with Crippen LogP contribution in [0.2, 0.25) is 5.02 Å². The number of hydrogen-bond acceptors (Lipinski definition) is 3. The zero-order valence-corrected chi connectivity index (χ0v) is 11.6. The third-order valence-corrected chi connectivity index (χ3v) is 4.17. The number of anilines is 1. The monoisotopic (exact) mass is 271 g/mol. The van der Waals surface area contributed by atoms with Gasteiger partial charge in [-0.25, -0.2) is 0 Å². The highest BCUT2D eigenvalue weighted by Gasteiger charge is 2.13. The van der Waals surface area contributed by atoms with E-state index in [1.165, 1.54) is 24.3 Å². The minimum Gasteiger partial charge on any atom is -0.492 e. The van der Waals surface area contributed by atoms with Gasteiger partial charge in [-0.05, 0) is 49.5 Å². The van der Waals surface area contributed by atoms with Crippen LogP contribution in [0.3, 0.4) is 0 Å². The Kier molecular flexibility index (Phi) is 4.86. The van der Waals surface area contributed by atoms with E-state index in [9.17, 15) is 0 Å². The number of ether oxygens (including phenoxy) is 1. The summed E-state index contributed by atoms with van der Waals surface area (Å²) >= 11 is 8.19. The van der Waals surface area contributed by atoms with Crippen LogP contribution in [0, 0.1) is 0 Å². The summed E-state index contributed by atoms with van der Waals surface area (Å²) in [6.45, 7) is 2.61. The Morgan fingerprint density at radius 3 is 2.82 bits per heavy atom. The first kappa shape index (κ1) is 12.9. The zero-order valence-electron chi connectivity index (χ0n) is 10.0. The van der Waals surface area contributed by atoms with Crippen LogP contribution in [-0.4, -0.2) is 24.2 Å². The van der Waals surface area contributed by atoms with Crippen LogP contribution in [0.5, 0.6) is 5.75 Å². The van der Waals surface area contributed by atoms with Crippen molar-refractivity contribution in [3.8, 4) is 5.75 Å². The molecule has 0 atom stereocenters. The Hall–Kier alpha value is -0.540. The van der Waals surface area contributed by atoms with Crippen molar-refractivity contribution >= 4 is 29.1 Å². The molecule has 1 fully saturated rings. The van der Waals surface area contributed by atoms with Gasteiger partial charge in [-0.15, -0.1) is 0 Å². The summed E-state index contributed by atoms with van der Waals surface area (Å²) in [4.78, 5) is 0. The summed E-state index contributed by atoms with van der Waals surface area (Å²) in [7, 11) is 0. The van der Waals surface area contributed by atoms with Crippen molar-refractivity contribution in [3.05, 3.63) is 23.2 Å². The Balaban J connectivity index is 1.98. The number of halogens is 1. The normalized spacial score (nSPS) is 16.8. The van der Waals surface area contributed by atoms with Crippen molar-refractivity contribution < 1.29 is 4.74 Å². The standard InChI is InChI=1S/C13H18ClNOS/c1-2-16-13-4-3-11(9-12(13)14)15-10-5-7-17-8-6-10/h3-4,9-10,15H,2,5-8H2,1H3. The molecular weight excluding hydrogens is 254 g/mol. The number of thioether (sulfide) groups is 1. The second-order valence-corrected chi connectivity index (χ2v) is 5.74. The van der Waals surface area contributed by atoms with E-state index in [-0.39, 0.29) is 0 Å². The fourth-order valence-corrected chi connectivity index (χ4v) is 3.28. The molecule has 0 amide bonds. The van der Waals surface area contributed by atoms with E-state index >= 15 is 0 Å². The quantitative estimate of drug-likeness (QED) is 0.893. The largest absolute Gasteiger partial charge is 0.492 e. The SMILES string of the molecule is CCOc1ccc(NC2CCSCC2)cc1Cl. The minimum absolute atomic E-state index is 0.588. The van der Waals surface area contributed by atoms with E-state index in [2.05, 4.69) is 5.32 Å². The molecule has 1 saturated heterocycles. The summed E-state index contributed by atoms with van der Waals surface area (Å²) < 4.78 is 5.42. The van der Waals surface area contributed by atoms with Gasteiger partial charge in [0.05, 0.1) is 11.6 Å². The van der Waals surface area contributed by atoms with Crippen molar-refractivity contribution in [1.82, 2.24) is 0 Å². The molecule has 17 heavy (non-hydrogen) atoms. The van der Waals surface area contributed by atoms with E-state index in [4.69, 9.17) is 16.3 Å². The van der Waals surface area contributed by atoms with Crippen molar-refractivity contribution in [2.75, 3.05) is 23.4 Å². The van der Waals surface area contributed by atoms with Crippen LogP contribution >= 0.6 is 23.4 Å². The Bertz CT molecular complexity index is 366. The summed E-state index contributed by atoms with van der Waals surface area (Å²) in [5, 5.41) is 4.22. The van der Waals surface area contributed by atoms with Gasteiger partial charge in [0, 0.05) is 11.7 Å². The maximum absolute atomic E-state index is 6.16. The predicted molar refractivity (Wildman–Crippen MR) is 76.6 cm³/mol. The average Bonchev–Trinajstić information content (AvgIpc) is 2.34. The number of nitrogens with one attached hydrogen (secondary N) is 1. The molecule has 0 spiro atoms. The molecule has 0 bridgehead atoms. The second-order valence-electron chi connectivity index (χ2n) is 4.11. The van der Waals surface area contributed by atoms with Gasteiger partial charge < -0.3 is 10.1 Å². The third-order valence-electron chi connectivity index (χ3n) is 2.82. The fourth-order valence-electron chi connectivity index (χ4n) is 1.94. The lowest BCUT2D eigenvalue weighted by Gasteiger charge is -2.23. The smallest absolute Gasteiger partial charge is 0.138 e. The molecule has 0 radical (unpaired) electrons. The van der Waals surface area contributed by atoms with Crippen LogP contribution < -0.4 is 10.1 Å². The summed E-state index contributed by atoms with van der Waals surface area (Å²) in [6.07, 6.45) is 2.46. The highest BCUT2D eigenvalue weighted by Crippen LogP contribution is 2.29. The Morgan fingerprint density at radius 1 is 1.41 bits per heavy atom. The van der Waals surface area contributed by atoms with Crippen molar-refractivity contribution in [1.29, 1.82) is 0 Å². The Labute approximate surface area is 112 Å². The molecule has 1 heterocycles. The zero-order chi connectivity index (χ0) is 12.1. The molecule has 94 valence electrons. The first-order valence-corrected chi connectivity index (χ1v) is 7.59. The number of benzene rings is 1. The molecule has 0 saturated carbocycles. The van der Waals surface area contributed by atoms with E-state index in [1.807, 2.05) is 36.9 Å². The fraction of sp³-hybridized carbons (Fsp3) is 0.538. The predicted octanol–water partition coefficient (Wildman–Crippen LogP) is 4.05. The van der Waals surface area contributed by atoms with E-state index in [1.54, 1.807) is 0 Å². The van der Waals surface area contributed by atoms with E-state index in [0.29, 0.717) is 17.7 Å². The minimum atomic E-state index is 0.588. The highest BCUT2D eigenvalue weighted by molar-refractivity contribution is 7.99. The molecule has 1 aliphatic rings. The second kappa shape index (κ2) is 6.41. The molecule has 0 unspecified atom stereocenters. The summed E-state index contributed by atoms with van der Waals surface area (Å²) in [5.74, 6) is 3.27.